The zero-order valence-corrected chi connectivity index (χ0v) is 14.8. The molecule has 1 aromatic carbocycles. The number of hydrogen-bond acceptors (Lipinski definition) is 6. The van der Waals surface area contributed by atoms with Gasteiger partial charge in [0.2, 0.25) is 5.91 Å². The van der Waals surface area contributed by atoms with Crippen molar-refractivity contribution in [2.24, 2.45) is 16.6 Å². The van der Waals surface area contributed by atoms with Crippen molar-refractivity contribution in [2.45, 2.75) is 12.0 Å². The van der Waals surface area contributed by atoms with E-state index in [0.29, 0.717) is 24.5 Å². The van der Waals surface area contributed by atoms with Crippen LogP contribution in [0.5, 0.6) is 11.5 Å². The Bertz CT molecular complexity index is 905. The molecule has 1 amide bonds. The number of aliphatic imine (C=N–C) groups is 1. The standard InChI is InChI=1S/C19H19FN4O3/c1-24-17(25)14-6-9-26-11-19(14,23-18(24)21)15-10-13(2-3-16(15)20)27-12-4-7-22-8-5-12/h2-5,7-8,10,14H,6,9,11H2,1H3,(H2,21,23). The molecule has 1 saturated heterocycles. The Morgan fingerprint density at radius 1 is 1.30 bits per heavy atom. The molecule has 1 fully saturated rings. The third-order valence-electron chi connectivity index (χ3n) is 5.03. The predicted molar refractivity (Wildman–Crippen MR) is 95.7 cm³/mol. The van der Waals surface area contributed by atoms with Crippen LogP contribution in [-0.4, -0.2) is 42.0 Å². The van der Waals surface area contributed by atoms with Crippen LogP contribution in [0.2, 0.25) is 0 Å². The molecule has 4 rings (SSSR count). The molecule has 2 aliphatic heterocycles. The van der Waals surface area contributed by atoms with Crippen LogP contribution in [0.1, 0.15) is 12.0 Å². The third-order valence-corrected chi connectivity index (χ3v) is 5.03. The van der Waals surface area contributed by atoms with Crippen molar-refractivity contribution in [3.8, 4) is 11.5 Å². The molecule has 8 heteroatoms. The summed E-state index contributed by atoms with van der Waals surface area (Å²) >= 11 is 0. The van der Waals surface area contributed by atoms with E-state index in [9.17, 15) is 9.18 Å². The Labute approximate surface area is 155 Å². The molecule has 2 aromatic rings. The fraction of sp³-hybridized carbons (Fsp3) is 0.316. The van der Waals surface area contributed by atoms with Gasteiger partial charge < -0.3 is 15.2 Å². The van der Waals surface area contributed by atoms with Gasteiger partial charge in [-0.3, -0.25) is 14.7 Å². The number of guanidine groups is 1. The van der Waals surface area contributed by atoms with Gasteiger partial charge in [0.05, 0.1) is 12.5 Å². The van der Waals surface area contributed by atoms with Gasteiger partial charge in [-0.1, -0.05) is 0 Å². The molecule has 2 N–H and O–H groups in total. The molecule has 1 aromatic heterocycles. The van der Waals surface area contributed by atoms with Crippen molar-refractivity contribution in [3.63, 3.8) is 0 Å². The first-order valence-corrected chi connectivity index (χ1v) is 8.60. The van der Waals surface area contributed by atoms with Gasteiger partial charge >= 0.3 is 0 Å². The number of amides is 1. The number of nitrogens with zero attached hydrogens (tertiary/aromatic N) is 3. The Balaban J connectivity index is 1.80. The number of ether oxygens (including phenoxy) is 2. The minimum absolute atomic E-state index is 0.0432. The molecule has 2 aliphatic rings. The summed E-state index contributed by atoms with van der Waals surface area (Å²) in [6, 6.07) is 7.79. The van der Waals surface area contributed by atoms with Crippen LogP contribution in [0.3, 0.4) is 0 Å². The van der Waals surface area contributed by atoms with Gasteiger partial charge in [0.15, 0.2) is 5.96 Å². The number of pyridine rings is 1. The van der Waals surface area contributed by atoms with Gasteiger partial charge in [-0.25, -0.2) is 9.38 Å². The summed E-state index contributed by atoms with van der Waals surface area (Å²) in [5, 5.41) is 0. The minimum atomic E-state index is -1.20. The molecule has 0 bridgehead atoms. The molecule has 3 heterocycles. The number of carbonyl (C=O) groups is 1. The van der Waals surface area contributed by atoms with E-state index in [4.69, 9.17) is 15.2 Å². The molecule has 2 atom stereocenters. The topological polar surface area (TPSA) is 90.0 Å². The van der Waals surface area contributed by atoms with E-state index in [1.165, 1.54) is 17.0 Å². The van der Waals surface area contributed by atoms with E-state index in [0.717, 1.165) is 0 Å². The average molecular weight is 370 g/mol. The third kappa shape index (κ3) is 2.91. The lowest BCUT2D eigenvalue weighted by Crippen LogP contribution is -2.58. The largest absolute Gasteiger partial charge is 0.457 e. The first-order chi connectivity index (χ1) is 13.0. The van der Waals surface area contributed by atoms with Crippen LogP contribution in [0.4, 0.5) is 4.39 Å². The van der Waals surface area contributed by atoms with Crippen LogP contribution < -0.4 is 10.5 Å². The van der Waals surface area contributed by atoms with E-state index in [-0.39, 0.29) is 24.0 Å². The van der Waals surface area contributed by atoms with Crippen molar-refractivity contribution in [1.29, 1.82) is 0 Å². The number of fused-ring (bicyclic) bond motifs is 1. The molecular formula is C19H19FN4O3. The number of nitrogens with two attached hydrogens (primary N) is 1. The first kappa shape index (κ1) is 17.4. The van der Waals surface area contributed by atoms with Gasteiger partial charge in [0, 0.05) is 31.6 Å². The second kappa shape index (κ2) is 6.62. The summed E-state index contributed by atoms with van der Waals surface area (Å²) < 4.78 is 26.2. The number of rotatable bonds is 3. The average Bonchev–Trinajstić information content (AvgIpc) is 2.68. The monoisotopic (exact) mass is 370 g/mol. The number of aromatic nitrogens is 1. The fourth-order valence-corrected chi connectivity index (χ4v) is 3.60. The predicted octanol–water partition coefficient (Wildman–Crippen LogP) is 2.03. The van der Waals surface area contributed by atoms with E-state index in [1.54, 1.807) is 37.6 Å². The summed E-state index contributed by atoms with van der Waals surface area (Å²) in [7, 11) is 1.57. The van der Waals surface area contributed by atoms with E-state index in [1.807, 2.05) is 0 Å². The van der Waals surface area contributed by atoms with E-state index >= 15 is 0 Å². The Hall–Kier alpha value is -3.00. The smallest absolute Gasteiger partial charge is 0.235 e. The number of benzene rings is 1. The highest BCUT2D eigenvalue weighted by Crippen LogP contribution is 2.44. The Morgan fingerprint density at radius 3 is 2.85 bits per heavy atom. The van der Waals surface area contributed by atoms with Crippen molar-refractivity contribution in [3.05, 3.63) is 54.1 Å². The van der Waals surface area contributed by atoms with Crippen LogP contribution >= 0.6 is 0 Å². The van der Waals surface area contributed by atoms with Gasteiger partial charge in [-0.2, -0.15) is 0 Å². The van der Waals surface area contributed by atoms with Crippen molar-refractivity contribution >= 4 is 11.9 Å². The van der Waals surface area contributed by atoms with Crippen LogP contribution in [0.15, 0.2) is 47.7 Å². The van der Waals surface area contributed by atoms with Crippen LogP contribution in [0, 0.1) is 11.7 Å². The van der Waals surface area contributed by atoms with Gasteiger partial charge in [-0.15, -0.1) is 0 Å². The number of hydrogen-bond donors (Lipinski definition) is 1. The number of halogens is 1. The summed E-state index contributed by atoms with van der Waals surface area (Å²) in [6.07, 6.45) is 3.64. The quantitative estimate of drug-likeness (QED) is 0.893. The fourth-order valence-electron chi connectivity index (χ4n) is 3.60. The number of carbonyl (C=O) groups excluding carboxylic acids is 1. The maximum atomic E-state index is 14.9. The molecule has 27 heavy (non-hydrogen) atoms. The lowest BCUT2D eigenvalue weighted by Gasteiger charge is -2.45. The normalized spacial score (nSPS) is 25.0. The highest BCUT2D eigenvalue weighted by molar-refractivity contribution is 6.00. The van der Waals surface area contributed by atoms with Gasteiger partial charge in [-0.05, 0) is 36.8 Å². The second-order valence-electron chi connectivity index (χ2n) is 6.61. The summed E-state index contributed by atoms with van der Waals surface area (Å²) in [6.45, 7) is 0.490. The molecule has 0 radical (unpaired) electrons. The SMILES string of the molecule is CN1C(=O)C2CCOCC2(c2cc(Oc3ccncc3)ccc2F)N=C1N. The van der Waals surface area contributed by atoms with E-state index < -0.39 is 17.3 Å². The van der Waals surface area contributed by atoms with Crippen LogP contribution in [0.25, 0.3) is 0 Å². The summed E-state index contributed by atoms with van der Waals surface area (Å²) in [5.41, 5.74) is 4.99. The molecule has 0 saturated carbocycles. The molecule has 7 nitrogen and oxygen atoms in total. The Kier molecular flexibility index (Phi) is 4.27. The molecule has 0 aliphatic carbocycles. The highest BCUT2D eigenvalue weighted by atomic mass is 19.1. The maximum absolute atomic E-state index is 14.9. The maximum Gasteiger partial charge on any atom is 0.235 e. The van der Waals surface area contributed by atoms with E-state index in [2.05, 4.69) is 9.98 Å². The molecule has 0 spiro atoms. The van der Waals surface area contributed by atoms with Gasteiger partial charge in [0.1, 0.15) is 22.9 Å². The van der Waals surface area contributed by atoms with Gasteiger partial charge in [0.25, 0.3) is 0 Å². The minimum Gasteiger partial charge on any atom is -0.457 e. The van der Waals surface area contributed by atoms with Crippen molar-refractivity contribution in [2.75, 3.05) is 20.3 Å². The molecule has 140 valence electrons. The summed E-state index contributed by atoms with van der Waals surface area (Å²) in [5.74, 6) is -0.182. The lowest BCUT2D eigenvalue weighted by atomic mass is 9.74. The van der Waals surface area contributed by atoms with Crippen molar-refractivity contribution < 1.29 is 18.7 Å². The lowest BCUT2D eigenvalue weighted by molar-refractivity contribution is -0.140. The highest BCUT2D eigenvalue weighted by Gasteiger charge is 2.52. The Morgan fingerprint density at radius 2 is 2.07 bits per heavy atom. The first-order valence-electron chi connectivity index (χ1n) is 8.60. The van der Waals surface area contributed by atoms with Crippen LogP contribution in [-0.2, 0) is 15.1 Å². The summed E-state index contributed by atoms with van der Waals surface area (Å²) in [4.78, 5) is 22.5. The zero-order chi connectivity index (χ0) is 19.0. The van der Waals surface area contributed by atoms with Crippen molar-refractivity contribution in [1.82, 2.24) is 9.88 Å². The zero-order valence-electron chi connectivity index (χ0n) is 14.8. The molecule has 2 unspecified atom stereocenters. The molecular weight excluding hydrogens is 351 g/mol. The second-order valence-corrected chi connectivity index (χ2v) is 6.61.